The lowest BCUT2D eigenvalue weighted by Gasteiger charge is -2.38. The van der Waals surface area contributed by atoms with Gasteiger partial charge in [-0.05, 0) is 93.6 Å². The van der Waals surface area contributed by atoms with Crippen molar-refractivity contribution in [1.29, 1.82) is 0 Å². The summed E-state index contributed by atoms with van der Waals surface area (Å²) in [7, 11) is 3.88. The zero-order valence-electron chi connectivity index (χ0n) is 25.7. The number of anilines is 1. The third kappa shape index (κ3) is 4.73. The van der Waals surface area contributed by atoms with E-state index in [9.17, 15) is 5.11 Å². The number of methoxy groups -OCH3 is 1. The quantitative estimate of drug-likeness (QED) is 0.313. The maximum absolute atomic E-state index is 10.7. The molecule has 3 aliphatic rings. The largest absolute Gasteiger partial charge is 0.508 e. The van der Waals surface area contributed by atoms with E-state index in [0.717, 1.165) is 91.3 Å². The van der Waals surface area contributed by atoms with Gasteiger partial charge in [-0.1, -0.05) is 25.1 Å². The van der Waals surface area contributed by atoms with Crippen molar-refractivity contribution in [3.05, 3.63) is 42.0 Å². The van der Waals surface area contributed by atoms with Crippen LogP contribution in [0.2, 0.25) is 0 Å². The number of phenols is 1. The Hall–Kier alpha value is -3.69. The fraction of sp³-hybridized carbons (Fsp3) is 0.500. The second kappa shape index (κ2) is 11.1. The fourth-order valence-electron chi connectivity index (χ4n) is 7.85. The number of nitrogens with zero attached hydrogens (tertiary/aromatic N) is 5. The number of aryl methyl sites for hydroxylation is 1. The number of hydrogen-bond acceptors (Lipinski definition) is 9. The molecule has 4 heterocycles. The average molecular weight is 583 g/mol. The number of ether oxygens (including phenoxy) is 2. The number of likely N-dealkylation sites (N-methyl/N-ethyl adjacent to an activating group) is 1. The second-order valence-electron chi connectivity index (χ2n) is 12.5. The number of piperazine rings is 1. The van der Waals surface area contributed by atoms with Gasteiger partial charge in [0, 0.05) is 31.2 Å². The van der Waals surface area contributed by atoms with Gasteiger partial charge in [-0.3, -0.25) is 4.90 Å². The molecule has 0 bridgehead atoms. The minimum absolute atomic E-state index is 0.0519. The second-order valence-corrected chi connectivity index (χ2v) is 12.5. The van der Waals surface area contributed by atoms with E-state index in [2.05, 4.69) is 42.1 Å². The number of fused-ring (bicyclic) bond motifs is 2. The number of rotatable bonds is 6. The number of benzene rings is 2. The highest BCUT2D eigenvalue weighted by molar-refractivity contribution is 6.02. The Morgan fingerprint density at radius 3 is 2.70 bits per heavy atom. The molecule has 2 aromatic heterocycles. The SMILES string of the molecule is CCc1cccc2cc(O)cc(-c3cc4nc(OC5CCCC56CCCN6C)nc(N5CCNCC5C)c4c(OC)n3)c12. The lowest BCUT2D eigenvalue weighted by atomic mass is 9.92. The summed E-state index contributed by atoms with van der Waals surface area (Å²) in [5.41, 5.74) is 3.53. The van der Waals surface area contributed by atoms with Crippen LogP contribution in [0.4, 0.5) is 5.82 Å². The van der Waals surface area contributed by atoms with Crippen LogP contribution in [0.1, 0.15) is 51.5 Å². The average Bonchev–Trinajstić information content (AvgIpc) is 3.60. The van der Waals surface area contributed by atoms with E-state index in [1.54, 1.807) is 13.2 Å². The molecule has 3 atom stereocenters. The Balaban J connectivity index is 1.43. The summed E-state index contributed by atoms with van der Waals surface area (Å²) < 4.78 is 12.8. The molecule has 7 rings (SSSR count). The van der Waals surface area contributed by atoms with Crippen LogP contribution >= 0.6 is 0 Å². The first kappa shape index (κ1) is 28.1. The van der Waals surface area contributed by atoms with E-state index in [1.807, 2.05) is 24.3 Å². The Bertz CT molecular complexity index is 1670. The topological polar surface area (TPSA) is 95.9 Å². The predicted octanol–water partition coefficient (Wildman–Crippen LogP) is 5.32. The highest BCUT2D eigenvalue weighted by atomic mass is 16.5. The Kier molecular flexibility index (Phi) is 7.26. The summed E-state index contributed by atoms with van der Waals surface area (Å²) in [6.07, 6.45) is 6.56. The van der Waals surface area contributed by atoms with E-state index in [-0.39, 0.29) is 23.4 Å². The summed E-state index contributed by atoms with van der Waals surface area (Å²) >= 11 is 0. The Labute approximate surface area is 253 Å². The molecule has 1 aliphatic carbocycles. The minimum atomic E-state index is 0.0519. The first-order chi connectivity index (χ1) is 20.9. The third-order valence-corrected chi connectivity index (χ3v) is 10.1. The van der Waals surface area contributed by atoms with Gasteiger partial charge in [-0.2, -0.15) is 9.97 Å². The van der Waals surface area contributed by atoms with Crippen molar-refractivity contribution in [3.63, 3.8) is 0 Å². The van der Waals surface area contributed by atoms with Crippen molar-refractivity contribution in [1.82, 2.24) is 25.2 Å². The lowest BCUT2D eigenvalue weighted by molar-refractivity contribution is 0.0412. The van der Waals surface area contributed by atoms with Crippen LogP contribution in [0, 0.1) is 0 Å². The molecule has 2 N–H and O–H groups in total. The molecule has 226 valence electrons. The summed E-state index contributed by atoms with van der Waals surface area (Å²) in [6, 6.07) is 12.5. The highest BCUT2D eigenvalue weighted by Crippen LogP contribution is 2.45. The number of nitrogens with one attached hydrogen (secondary N) is 1. The molecule has 3 fully saturated rings. The normalized spacial score (nSPS) is 24.4. The van der Waals surface area contributed by atoms with E-state index < -0.39 is 0 Å². The standard InChI is InChI=1S/C34H42N6O3/c1-5-22-9-6-10-23-17-24(41)18-25(29(22)23)26-19-27-30(32(36-26)42-4)31(40-16-14-35-20-21(40)2)38-33(37-27)43-28-11-7-12-34(28)13-8-15-39(34)3/h6,9-10,17-19,21,28,35,41H,5,7-8,11-16,20H2,1-4H3. The zero-order chi connectivity index (χ0) is 29.7. The number of likely N-dealkylation sites (tertiary alicyclic amines) is 1. The fourth-order valence-corrected chi connectivity index (χ4v) is 7.85. The molecule has 9 nitrogen and oxygen atoms in total. The van der Waals surface area contributed by atoms with E-state index in [4.69, 9.17) is 24.4 Å². The van der Waals surface area contributed by atoms with Crippen LogP contribution in [0.3, 0.4) is 0 Å². The van der Waals surface area contributed by atoms with Gasteiger partial charge < -0.3 is 24.8 Å². The first-order valence-corrected chi connectivity index (χ1v) is 15.8. The summed E-state index contributed by atoms with van der Waals surface area (Å²) in [5.74, 6) is 1.47. The Morgan fingerprint density at radius 2 is 1.93 bits per heavy atom. The maximum atomic E-state index is 10.7. The van der Waals surface area contributed by atoms with Gasteiger partial charge >= 0.3 is 6.01 Å². The summed E-state index contributed by atoms with van der Waals surface area (Å²) in [6.45, 7) is 8.00. The van der Waals surface area contributed by atoms with E-state index in [0.29, 0.717) is 17.6 Å². The zero-order valence-corrected chi connectivity index (χ0v) is 25.7. The molecule has 43 heavy (non-hydrogen) atoms. The summed E-state index contributed by atoms with van der Waals surface area (Å²) in [4.78, 5) is 20.0. The molecule has 0 amide bonds. The van der Waals surface area contributed by atoms with Crippen molar-refractivity contribution in [2.45, 2.75) is 70.1 Å². The van der Waals surface area contributed by atoms with E-state index >= 15 is 0 Å². The number of phenolic OH excluding ortho intramolecular Hbond substituents is 1. The molecule has 1 saturated carbocycles. The third-order valence-electron chi connectivity index (χ3n) is 10.1. The van der Waals surface area contributed by atoms with Gasteiger partial charge in [0.2, 0.25) is 5.88 Å². The van der Waals surface area contributed by atoms with Crippen LogP contribution in [0.5, 0.6) is 17.6 Å². The number of aromatic hydroxyl groups is 1. The maximum Gasteiger partial charge on any atom is 0.319 e. The molecule has 9 heteroatoms. The molecular formula is C34H42N6O3. The first-order valence-electron chi connectivity index (χ1n) is 15.8. The van der Waals surface area contributed by atoms with Crippen LogP contribution < -0.4 is 19.7 Å². The monoisotopic (exact) mass is 582 g/mol. The molecule has 3 unspecified atom stereocenters. The molecule has 0 radical (unpaired) electrons. The van der Waals surface area contributed by atoms with Crippen LogP contribution in [0.15, 0.2) is 36.4 Å². The highest BCUT2D eigenvalue weighted by Gasteiger charge is 2.50. The van der Waals surface area contributed by atoms with Gasteiger partial charge in [0.25, 0.3) is 0 Å². The van der Waals surface area contributed by atoms with Gasteiger partial charge in [0.05, 0.1) is 23.9 Å². The number of aromatic nitrogens is 3. The molecule has 2 aliphatic heterocycles. The van der Waals surface area contributed by atoms with Crippen molar-refractivity contribution in [2.75, 3.05) is 45.2 Å². The van der Waals surface area contributed by atoms with Crippen molar-refractivity contribution in [3.8, 4) is 28.9 Å². The Morgan fingerprint density at radius 1 is 1.07 bits per heavy atom. The molecule has 2 aromatic carbocycles. The van der Waals surface area contributed by atoms with Gasteiger partial charge in [0.1, 0.15) is 23.1 Å². The molecule has 2 saturated heterocycles. The van der Waals surface area contributed by atoms with Crippen molar-refractivity contribution >= 4 is 27.5 Å². The molecule has 1 spiro atoms. The lowest BCUT2D eigenvalue weighted by Crippen LogP contribution is -2.51. The van der Waals surface area contributed by atoms with Gasteiger partial charge in [-0.25, -0.2) is 4.98 Å². The van der Waals surface area contributed by atoms with Crippen LogP contribution in [-0.2, 0) is 6.42 Å². The number of hydrogen-bond donors (Lipinski definition) is 2. The van der Waals surface area contributed by atoms with Crippen LogP contribution in [-0.4, -0.2) is 83.0 Å². The van der Waals surface area contributed by atoms with E-state index in [1.165, 1.54) is 12.0 Å². The minimum Gasteiger partial charge on any atom is -0.508 e. The van der Waals surface area contributed by atoms with Crippen molar-refractivity contribution < 1.29 is 14.6 Å². The predicted molar refractivity (Wildman–Crippen MR) is 170 cm³/mol. The van der Waals surface area contributed by atoms with Gasteiger partial charge in [0.15, 0.2) is 0 Å². The smallest absolute Gasteiger partial charge is 0.319 e. The summed E-state index contributed by atoms with van der Waals surface area (Å²) in [5, 5.41) is 17.1. The number of pyridine rings is 1. The van der Waals surface area contributed by atoms with Crippen molar-refractivity contribution in [2.24, 2.45) is 0 Å². The molecular weight excluding hydrogens is 540 g/mol. The van der Waals surface area contributed by atoms with Gasteiger partial charge in [-0.15, -0.1) is 0 Å². The van der Waals surface area contributed by atoms with Crippen LogP contribution in [0.25, 0.3) is 32.9 Å². The molecule has 4 aromatic rings.